The third kappa shape index (κ3) is 3.27. The van der Waals surface area contributed by atoms with Gasteiger partial charge in [-0.15, -0.1) is 0 Å². The van der Waals surface area contributed by atoms with Crippen LogP contribution in [-0.4, -0.2) is 26.4 Å². The number of benzene rings is 1. The minimum atomic E-state index is 0.189. The molecule has 94 valence electrons. The van der Waals surface area contributed by atoms with Gasteiger partial charge in [0, 0.05) is 12.7 Å². The normalized spacial score (nSPS) is 19.9. The van der Waals surface area contributed by atoms with E-state index in [1.165, 1.54) is 6.42 Å². The van der Waals surface area contributed by atoms with E-state index in [1.807, 2.05) is 6.07 Å². The molecule has 0 aliphatic carbocycles. The van der Waals surface area contributed by atoms with Crippen LogP contribution in [0.1, 0.15) is 19.3 Å². The molecule has 0 radical (unpaired) electrons. The van der Waals surface area contributed by atoms with Crippen molar-refractivity contribution in [1.29, 1.82) is 0 Å². The van der Waals surface area contributed by atoms with Crippen molar-refractivity contribution >= 4 is 5.69 Å². The lowest BCUT2D eigenvalue weighted by Crippen LogP contribution is -2.25. The summed E-state index contributed by atoms with van der Waals surface area (Å²) in [5.74, 6) is 1.41. The van der Waals surface area contributed by atoms with Crippen LogP contribution in [0.15, 0.2) is 18.2 Å². The Hall–Kier alpha value is -1.42. The van der Waals surface area contributed by atoms with Gasteiger partial charge >= 0.3 is 0 Å². The average molecular weight is 237 g/mol. The summed E-state index contributed by atoms with van der Waals surface area (Å²) >= 11 is 0. The van der Waals surface area contributed by atoms with E-state index in [1.54, 1.807) is 19.2 Å². The van der Waals surface area contributed by atoms with Gasteiger partial charge in [-0.2, -0.15) is 0 Å². The fourth-order valence-corrected chi connectivity index (χ4v) is 1.89. The summed E-state index contributed by atoms with van der Waals surface area (Å²) < 4.78 is 16.4. The number of hydrogen-bond acceptors (Lipinski definition) is 4. The molecule has 1 heterocycles. The van der Waals surface area contributed by atoms with Gasteiger partial charge < -0.3 is 19.9 Å². The van der Waals surface area contributed by atoms with Crippen molar-refractivity contribution in [3.8, 4) is 11.5 Å². The van der Waals surface area contributed by atoms with Crippen molar-refractivity contribution in [1.82, 2.24) is 0 Å². The van der Waals surface area contributed by atoms with Gasteiger partial charge in [0.15, 0.2) is 0 Å². The molecule has 17 heavy (non-hydrogen) atoms. The summed E-state index contributed by atoms with van der Waals surface area (Å²) in [6.45, 7) is 1.39. The number of ether oxygens (including phenoxy) is 3. The van der Waals surface area contributed by atoms with E-state index in [4.69, 9.17) is 19.9 Å². The number of rotatable bonds is 4. The lowest BCUT2D eigenvalue weighted by Gasteiger charge is -2.23. The van der Waals surface area contributed by atoms with Gasteiger partial charge in [0.2, 0.25) is 0 Å². The first kappa shape index (κ1) is 12.0. The first-order valence-electron chi connectivity index (χ1n) is 5.97. The molecule has 1 aliphatic rings. The van der Waals surface area contributed by atoms with Crippen LogP contribution in [0.2, 0.25) is 0 Å². The molecule has 2 N–H and O–H groups in total. The zero-order valence-electron chi connectivity index (χ0n) is 10.1. The van der Waals surface area contributed by atoms with Gasteiger partial charge in [0.05, 0.1) is 18.9 Å². The summed E-state index contributed by atoms with van der Waals surface area (Å²) in [6, 6.07) is 5.41. The molecule has 4 heteroatoms. The van der Waals surface area contributed by atoms with Gasteiger partial charge in [-0.25, -0.2) is 0 Å². The predicted molar refractivity (Wildman–Crippen MR) is 66.5 cm³/mol. The molecule has 1 fully saturated rings. The molecular weight excluding hydrogens is 218 g/mol. The number of methoxy groups -OCH3 is 1. The van der Waals surface area contributed by atoms with Crippen LogP contribution >= 0.6 is 0 Å². The highest BCUT2D eigenvalue weighted by molar-refractivity contribution is 5.55. The molecule has 1 aliphatic heterocycles. The van der Waals surface area contributed by atoms with E-state index >= 15 is 0 Å². The maximum Gasteiger partial charge on any atom is 0.146 e. The minimum Gasteiger partial charge on any atom is -0.497 e. The molecule has 0 spiro atoms. The minimum absolute atomic E-state index is 0.189. The monoisotopic (exact) mass is 237 g/mol. The number of hydrogen-bond donors (Lipinski definition) is 1. The highest BCUT2D eigenvalue weighted by Gasteiger charge is 2.15. The zero-order valence-corrected chi connectivity index (χ0v) is 10.1. The molecule has 0 amide bonds. The van der Waals surface area contributed by atoms with Crippen molar-refractivity contribution in [3.63, 3.8) is 0 Å². The highest BCUT2D eigenvalue weighted by atomic mass is 16.5. The molecule has 0 bridgehead atoms. The van der Waals surface area contributed by atoms with Crippen molar-refractivity contribution in [2.24, 2.45) is 0 Å². The summed E-state index contributed by atoms with van der Waals surface area (Å²) in [7, 11) is 1.62. The molecular formula is C13H19NO3. The van der Waals surface area contributed by atoms with Gasteiger partial charge in [0.25, 0.3) is 0 Å². The third-order valence-electron chi connectivity index (χ3n) is 2.92. The largest absolute Gasteiger partial charge is 0.497 e. The van der Waals surface area contributed by atoms with Gasteiger partial charge in [-0.05, 0) is 31.4 Å². The van der Waals surface area contributed by atoms with Crippen LogP contribution < -0.4 is 15.2 Å². The fourth-order valence-electron chi connectivity index (χ4n) is 1.89. The van der Waals surface area contributed by atoms with Crippen molar-refractivity contribution in [2.45, 2.75) is 25.4 Å². The standard InChI is InChI=1S/C13H19NO3/c1-15-10-5-6-12(14)13(8-10)17-9-11-4-2-3-7-16-11/h5-6,8,11H,2-4,7,9,14H2,1H3. The van der Waals surface area contributed by atoms with Crippen LogP contribution in [0.3, 0.4) is 0 Å². The van der Waals surface area contributed by atoms with Crippen LogP contribution in [0.5, 0.6) is 11.5 Å². The molecule has 0 saturated carbocycles. The predicted octanol–water partition coefficient (Wildman–Crippen LogP) is 2.23. The lowest BCUT2D eigenvalue weighted by atomic mass is 10.1. The Balaban J connectivity index is 1.92. The molecule has 1 saturated heterocycles. The van der Waals surface area contributed by atoms with Crippen molar-refractivity contribution < 1.29 is 14.2 Å². The maximum atomic E-state index is 5.84. The Morgan fingerprint density at radius 3 is 3.00 bits per heavy atom. The third-order valence-corrected chi connectivity index (χ3v) is 2.92. The second-order valence-corrected chi connectivity index (χ2v) is 4.20. The second kappa shape index (κ2) is 5.77. The van der Waals surface area contributed by atoms with Crippen LogP contribution in [0.4, 0.5) is 5.69 Å². The second-order valence-electron chi connectivity index (χ2n) is 4.20. The number of nitrogen functional groups attached to an aromatic ring is 1. The Bertz CT molecular complexity index is 362. The van der Waals surface area contributed by atoms with E-state index in [-0.39, 0.29) is 6.10 Å². The Kier molecular flexibility index (Phi) is 4.09. The lowest BCUT2D eigenvalue weighted by molar-refractivity contribution is -0.0109. The SMILES string of the molecule is COc1ccc(N)c(OCC2CCCCO2)c1. The Morgan fingerprint density at radius 1 is 1.41 bits per heavy atom. The number of anilines is 1. The maximum absolute atomic E-state index is 5.84. The molecule has 1 aromatic rings. The summed E-state index contributed by atoms with van der Waals surface area (Å²) in [6.07, 6.45) is 3.61. The van der Waals surface area contributed by atoms with E-state index in [0.29, 0.717) is 18.0 Å². The van der Waals surface area contributed by atoms with Crippen molar-refractivity contribution in [3.05, 3.63) is 18.2 Å². The van der Waals surface area contributed by atoms with E-state index in [9.17, 15) is 0 Å². The highest BCUT2D eigenvalue weighted by Crippen LogP contribution is 2.27. The van der Waals surface area contributed by atoms with Crippen LogP contribution in [-0.2, 0) is 4.74 Å². The molecule has 1 unspecified atom stereocenters. The smallest absolute Gasteiger partial charge is 0.146 e. The molecule has 0 aromatic heterocycles. The molecule has 1 aromatic carbocycles. The Labute approximate surface area is 102 Å². The van der Waals surface area contributed by atoms with Crippen molar-refractivity contribution in [2.75, 3.05) is 26.1 Å². The van der Waals surface area contributed by atoms with Gasteiger partial charge in [-0.3, -0.25) is 0 Å². The molecule has 2 rings (SSSR count). The van der Waals surface area contributed by atoms with Crippen LogP contribution in [0, 0.1) is 0 Å². The summed E-state index contributed by atoms with van der Waals surface area (Å²) in [5.41, 5.74) is 6.46. The summed E-state index contributed by atoms with van der Waals surface area (Å²) in [4.78, 5) is 0. The molecule has 1 atom stereocenters. The van der Waals surface area contributed by atoms with E-state index < -0.39 is 0 Å². The zero-order chi connectivity index (χ0) is 12.1. The van der Waals surface area contributed by atoms with Crippen LogP contribution in [0.25, 0.3) is 0 Å². The van der Waals surface area contributed by atoms with Gasteiger partial charge in [0.1, 0.15) is 18.1 Å². The first-order chi connectivity index (χ1) is 8.29. The van der Waals surface area contributed by atoms with E-state index in [2.05, 4.69) is 0 Å². The van der Waals surface area contributed by atoms with Gasteiger partial charge in [-0.1, -0.05) is 0 Å². The first-order valence-corrected chi connectivity index (χ1v) is 5.97. The van der Waals surface area contributed by atoms with E-state index in [0.717, 1.165) is 25.2 Å². The fraction of sp³-hybridized carbons (Fsp3) is 0.538. The average Bonchev–Trinajstić information content (AvgIpc) is 2.39. The molecule has 4 nitrogen and oxygen atoms in total. The quantitative estimate of drug-likeness (QED) is 0.816. The Morgan fingerprint density at radius 2 is 2.29 bits per heavy atom. The topological polar surface area (TPSA) is 53.7 Å². The summed E-state index contributed by atoms with van der Waals surface area (Å²) in [5, 5.41) is 0. The number of nitrogens with two attached hydrogens (primary N) is 1.